The van der Waals surface area contributed by atoms with Crippen molar-refractivity contribution < 1.29 is 9.47 Å². The number of ether oxygens (including phenoxy) is 2. The number of nitrogens with zero attached hydrogens (tertiary/aromatic N) is 2. The first-order valence-corrected chi connectivity index (χ1v) is 6.38. The van der Waals surface area contributed by atoms with E-state index in [4.69, 9.17) is 9.47 Å². The van der Waals surface area contributed by atoms with Crippen molar-refractivity contribution in [1.82, 2.24) is 15.3 Å². The third kappa shape index (κ3) is 2.88. The molecule has 1 atom stereocenters. The summed E-state index contributed by atoms with van der Waals surface area (Å²) >= 11 is 0. The molecule has 0 aliphatic carbocycles. The molecule has 106 valence electrons. The molecule has 1 aromatic carbocycles. The van der Waals surface area contributed by atoms with Crippen LogP contribution in [-0.4, -0.2) is 31.2 Å². The largest absolute Gasteiger partial charge is 0.497 e. The fourth-order valence-electron chi connectivity index (χ4n) is 2.16. The summed E-state index contributed by atoms with van der Waals surface area (Å²) in [5.74, 6) is 2.32. The fraction of sp³-hybridized carbons (Fsp3) is 0.333. The Hall–Kier alpha value is -2.14. The third-order valence-corrected chi connectivity index (χ3v) is 3.13. The van der Waals surface area contributed by atoms with Crippen LogP contribution in [0.3, 0.4) is 0 Å². The van der Waals surface area contributed by atoms with Crippen LogP contribution in [0.25, 0.3) is 0 Å². The fourth-order valence-corrected chi connectivity index (χ4v) is 2.16. The first-order valence-electron chi connectivity index (χ1n) is 6.38. The van der Waals surface area contributed by atoms with Crippen LogP contribution in [0.5, 0.6) is 11.5 Å². The molecule has 20 heavy (non-hydrogen) atoms. The molecule has 0 radical (unpaired) electrons. The van der Waals surface area contributed by atoms with Gasteiger partial charge in [0.15, 0.2) is 0 Å². The van der Waals surface area contributed by atoms with Crippen molar-refractivity contribution in [2.45, 2.75) is 13.0 Å². The molecule has 5 heteroatoms. The van der Waals surface area contributed by atoms with Gasteiger partial charge in [-0.1, -0.05) is 0 Å². The molecule has 1 aromatic heterocycles. The minimum Gasteiger partial charge on any atom is -0.497 e. The average molecular weight is 273 g/mol. The quantitative estimate of drug-likeness (QED) is 0.904. The molecular formula is C15H19N3O2. The van der Waals surface area contributed by atoms with E-state index in [2.05, 4.69) is 15.3 Å². The third-order valence-electron chi connectivity index (χ3n) is 3.13. The van der Waals surface area contributed by atoms with Crippen molar-refractivity contribution in [3.63, 3.8) is 0 Å². The first-order chi connectivity index (χ1) is 9.69. The summed E-state index contributed by atoms with van der Waals surface area (Å²) in [7, 11) is 5.19. The van der Waals surface area contributed by atoms with Gasteiger partial charge in [0.2, 0.25) is 0 Å². The second-order valence-corrected chi connectivity index (χ2v) is 4.36. The SMILES string of the molecule is CNC(c1ccnc(C)n1)c1cc(OC)ccc1OC. The van der Waals surface area contributed by atoms with Gasteiger partial charge in [-0.25, -0.2) is 9.97 Å². The van der Waals surface area contributed by atoms with Crippen LogP contribution in [0.15, 0.2) is 30.5 Å². The number of rotatable bonds is 5. The first kappa shape index (κ1) is 14.3. The van der Waals surface area contributed by atoms with Gasteiger partial charge in [-0.2, -0.15) is 0 Å². The summed E-state index contributed by atoms with van der Waals surface area (Å²) in [4.78, 5) is 8.61. The Labute approximate surface area is 119 Å². The lowest BCUT2D eigenvalue weighted by molar-refractivity contribution is 0.394. The molecule has 0 amide bonds. The van der Waals surface area contributed by atoms with Gasteiger partial charge in [-0.05, 0) is 38.2 Å². The Kier molecular flexibility index (Phi) is 4.53. The van der Waals surface area contributed by atoms with Crippen LogP contribution in [0, 0.1) is 6.92 Å². The summed E-state index contributed by atoms with van der Waals surface area (Å²) in [5, 5.41) is 3.26. The molecule has 2 rings (SSSR count). The molecule has 0 bridgehead atoms. The van der Waals surface area contributed by atoms with Crippen molar-refractivity contribution >= 4 is 0 Å². The van der Waals surface area contributed by atoms with Crippen molar-refractivity contribution in [3.05, 3.63) is 47.5 Å². The summed E-state index contributed by atoms with van der Waals surface area (Å²) in [6.07, 6.45) is 1.76. The van der Waals surface area contributed by atoms with E-state index in [1.54, 1.807) is 20.4 Å². The van der Waals surface area contributed by atoms with Crippen LogP contribution >= 0.6 is 0 Å². The maximum Gasteiger partial charge on any atom is 0.125 e. The molecule has 0 aliphatic rings. The molecule has 1 unspecified atom stereocenters. The lowest BCUT2D eigenvalue weighted by atomic mass is 10.0. The van der Waals surface area contributed by atoms with Gasteiger partial charge >= 0.3 is 0 Å². The van der Waals surface area contributed by atoms with E-state index >= 15 is 0 Å². The van der Waals surface area contributed by atoms with Gasteiger partial charge in [0, 0.05) is 11.8 Å². The van der Waals surface area contributed by atoms with Gasteiger partial charge in [0.05, 0.1) is 26.0 Å². The van der Waals surface area contributed by atoms with Crippen molar-refractivity contribution in [2.24, 2.45) is 0 Å². The highest BCUT2D eigenvalue weighted by Crippen LogP contribution is 2.32. The number of nitrogens with one attached hydrogen (secondary N) is 1. The molecule has 0 saturated carbocycles. The Morgan fingerprint density at radius 1 is 1.15 bits per heavy atom. The maximum absolute atomic E-state index is 5.44. The Morgan fingerprint density at radius 3 is 2.55 bits per heavy atom. The second kappa shape index (κ2) is 6.34. The Balaban J connectivity index is 2.50. The van der Waals surface area contributed by atoms with E-state index in [0.29, 0.717) is 0 Å². The molecule has 0 saturated heterocycles. The number of hydrogen-bond acceptors (Lipinski definition) is 5. The molecule has 0 spiro atoms. The minimum absolute atomic E-state index is 0.0817. The van der Waals surface area contributed by atoms with E-state index in [1.165, 1.54) is 0 Å². The molecule has 2 aromatic rings. The zero-order valence-corrected chi connectivity index (χ0v) is 12.2. The number of hydrogen-bond donors (Lipinski definition) is 1. The smallest absolute Gasteiger partial charge is 0.125 e. The summed E-state index contributed by atoms with van der Waals surface area (Å²) < 4.78 is 10.7. The molecule has 1 N–H and O–H groups in total. The maximum atomic E-state index is 5.44. The Morgan fingerprint density at radius 2 is 1.95 bits per heavy atom. The van der Waals surface area contributed by atoms with Crippen LogP contribution in [0.2, 0.25) is 0 Å². The molecular weight excluding hydrogens is 254 g/mol. The van der Waals surface area contributed by atoms with E-state index in [0.717, 1.165) is 28.6 Å². The molecule has 1 heterocycles. The van der Waals surface area contributed by atoms with Gasteiger partial charge in [0.25, 0.3) is 0 Å². The zero-order chi connectivity index (χ0) is 14.5. The predicted molar refractivity (Wildman–Crippen MR) is 77.2 cm³/mol. The zero-order valence-electron chi connectivity index (χ0n) is 12.2. The average Bonchev–Trinajstić information content (AvgIpc) is 2.48. The number of methoxy groups -OCH3 is 2. The topological polar surface area (TPSA) is 56.3 Å². The summed E-state index contributed by atoms with van der Waals surface area (Å²) in [6.45, 7) is 1.87. The van der Waals surface area contributed by atoms with E-state index in [1.807, 2.05) is 38.2 Å². The predicted octanol–water partition coefficient (Wildman–Crippen LogP) is 2.11. The van der Waals surface area contributed by atoms with Crippen LogP contribution in [-0.2, 0) is 0 Å². The number of benzene rings is 1. The highest BCUT2D eigenvalue weighted by atomic mass is 16.5. The minimum atomic E-state index is -0.0817. The lowest BCUT2D eigenvalue weighted by Gasteiger charge is -2.20. The van der Waals surface area contributed by atoms with E-state index in [9.17, 15) is 0 Å². The van der Waals surface area contributed by atoms with Crippen LogP contribution in [0.1, 0.15) is 23.1 Å². The van der Waals surface area contributed by atoms with Crippen molar-refractivity contribution in [2.75, 3.05) is 21.3 Å². The highest BCUT2D eigenvalue weighted by Gasteiger charge is 2.19. The summed E-state index contributed by atoms with van der Waals surface area (Å²) in [6, 6.07) is 7.54. The molecule has 0 aliphatic heterocycles. The van der Waals surface area contributed by atoms with Crippen molar-refractivity contribution in [1.29, 1.82) is 0 Å². The Bertz CT molecular complexity index is 587. The van der Waals surface area contributed by atoms with Gasteiger partial charge in [0.1, 0.15) is 17.3 Å². The molecule has 5 nitrogen and oxygen atoms in total. The standard InChI is InChI=1S/C15H19N3O2/c1-10-17-8-7-13(18-10)15(16-2)12-9-11(19-3)5-6-14(12)20-4/h5-9,15-16H,1-4H3. The second-order valence-electron chi connectivity index (χ2n) is 4.36. The lowest BCUT2D eigenvalue weighted by Crippen LogP contribution is -2.20. The molecule has 0 fully saturated rings. The van der Waals surface area contributed by atoms with E-state index in [-0.39, 0.29) is 6.04 Å². The summed E-state index contributed by atoms with van der Waals surface area (Å²) in [5.41, 5.74) is 1.87. The van der Waals surface area contributed by atoms with E-state index < -0.39 is 0 Å². The normalized spacial score (nSPS) is 12.0. The number of aromatic nitrogens is 2. The monoisotopic (exact) mass is 273 g/mol. The van der Waals surface area contributed by atoms with Crippen LogP contribution in [0.4, 0.5) is 0 Å². The van der Waals surface area contributed by atoms with Crippen molar-refractivity contribution in [3.8, 4) is 11.5 Å². The highest BCUT2D eigenvalue weighted by molar-refractivity contribution is 5.45. The van der Waals surface area contributed by atoms with Gasteiger partial charge in [-0.15, -0.1) is 0 Å². The van der Waals surface area contributed by atoms with Gasteiger partial charge in [-0.3, -0.25) is 0 Å². The number of aryl methyl sites for hydroxylation is 1. The van der Waals surface area contributed by atoms with Crippen LogP contribution < -0.4 is 14.8 Å². The van der Waals surface area contributed by atoms with Gasteiger partial charge < -0.3 is 14.8 Å².